The van der Waals surface area contributed by atoms with Gasteiger partial charge < -0.3 is 10.1 Å². The van der Waals surface area contributed by atoms with Crippen LogP contribution in [-0.4, -0.2) is 50.6 Å². The highest BCUT2D eigenvalue weighted by Crippen LogP contribution is 2.15. The molecule has 0 aliphatic heterocycles. The van der Waals surface area contributed by atoms with Crippen LogP contribution in [0.15, 0.2) is 24.3 Å². The van der Waals surface area contributed by atoms with Crippen LogP contribution < -0.4 is 10.1 Å². The molecule has 1 unspecified atom stereocenters. The third-order valence-corrected chi connectivity index (χ3v) is 4.99. The fourth-order valence-corrected chi connectivity index (χ4v) is 3.30. The van der Waals surface area contributed by atoms with E-state index in [1.54, 1.807) is 24.3 Å². The van der Waals surface area contributed by atoms with E-state index in [9.17, 15) is 13.2 Å². The third-order valence-electron chi connectivity index (χ3n) is 3.35. The molecule has 1 aromatic carbocycles. The van der Waals surface area contributed by atoms with Gasteiger partial charge in [0.2, 0.25) is 10.0 Å². The molecule has 8 heteroatoms. The molecule has 0 fully saturated rings. The van der Waals surface area contributed by atoms with Gasteiger partial charge in [0.15, 0.2) is 6.61 Å². The predicted octanol–water partition coefficient (Wildman–Crippen LogP) is 1.90. The molecule has 0 aromatic heterocycles. The number of hydrogen-bond donors (Lipinski definition) is 1. The van der Waals surface area contributed by atoms with E-state index in [1.807, 2.05) is 13.8 Å². The van der Waals surface area contributed by atoms with Gasteiger partial charge in [0.05, 0.1) is 6.26 Å². The summed E-state index contributed by atoms with van der Waals surface area (Å²) in [6.45, 7) is 4.10. The Morgan fingerprint density at radius 2 is 1.96 bits per heavy atom. The number of hydrogen-bond acceptors (Lipinski definition) is 4. The minimum atomic E-state index is -3.30. The van der Waals surface area contributed by atoms with Crippen LogP contribution in [0, 0.1) is 0 Å². The first-order chi connectivity index (χ1) is 10.7. The topological polar surface area (TPSA) is 75.7 Å². The molecule has 1 aromatic rings. The number of amides is 1. The predicted molar refractivity (Wildman–Crippen MR) is 91.3 cm³/mol. The number of rotatable bonds is 9. The van der Waals surface area contributed by atoms with E-state index in [0.717, 1.165) is 0 Å². The maximum absolute atomic E-state index is 11.7. The Morgan fingerprint density at radius 3 is 2.48 bits per heavy atom. The minimum Gasteiger partial charge on any atom is -0.484 e. The lowest BCUT2D eigenvalue weighted by Gasteiger charge is -2.25. The van der Waals surface area contributed by atoms with Crippen LogP contribution in [0.4, 0.5) is 0 Å². The van der Waals surface area contributed by atoms with Crippen molar-refractivity contribution in [2.24, 2.45) is 0 Å². The first kappa shape index (κ1) is 19.7. The molecular formula is C15H23ClN2O4S. The van der Waals surface area contributed by atoms with Crippen LogP contribution in [0.1, 0.15) is 20.3 Å². The summed E-state index contributed by atoms with van der Waals surface area (Å²) >= 11 is 5.76. The lowest BCUT2D eigenvalue weighted by atomic mass is 10.2. The van der Waals surface area contributed by atoms with Crippen LogP contribution in [-0.2, 0) is 14.8 Å². The minimum absolute atomic E-state index is 0.104. The number of benzene rings is 1. The van der Waals surface area contributed by atoms with E-state index in [1.165, 1.54) is 10.6 Å². The Kier molecular flexibility index (Phi) is 7.81. The molecule has 0 saturated carbocycles. The van der Waals surface area contributed by atoms with E-state index in [2.05, 4.69) is 5.32 Å². The summed E-state index contributed by atoms with van der Waals surface area (Å²) in [5, 5.41) is 3.24. The molecule has 130 valence electrons. The Hall–Kier alpha value is -1.31. The molecule has 0 radical (unpaired) electrons. The molecule has 1 N–H and O–H groups in total. The molecule has 0 saturated heterocycles. The fraction of sp³-hybridized carbons (Fsp3) is 0.533. The SMILES string of the molecule is CCC(C)N(CCNC(=O)COc1ccc(Cl)cc1)S(C)(=O)=O. The van der Waals surface area contributed by atoms with Crippen LogP contribution in [0.2, 0.25) is 5.02 Å². The van der Waals surface area contributed by atoms with Crippen molar-refractivity contribution >= 4 is 27.5 Å². The van der Waals surface area contributed by atoms with Gasteiger partial charge in [-0.3, -0.25) is 4.79 Å². The first-order valence-corrected chi connectivity index (χ1v) is 9.58. The molecule has 0 aliphatic carbocycles. The molecule has 23 heavy (non-hydrogen) atoms. The number of ether oxygens (including phenoxy) is 1. The maximum atomic E-state index is 11.7. The quantitative estimate of drug-likeness (QED) is 0.728. The van der Waals surface area contributed by atoms with Gasteiger partial charge >= 0.3 is 0 Å². The highest BCUT2D eigenvalue weighted by molar-refractivity contribution is 7.88. The van der Waals surface area contributed by atoms with Gasteiger partial charge in [-0.25, -0.2) is 8.42 Å². The van der Waals surface area contributed by atoms with Gasteiger partial charge in [-0.05, 0) is 37.6 Å². The largest absolute Gasteiger partial charge is 0.484 e. The number of nitrogens with one attached hydrogen (secondary N) is 1. The van der Waals surface area contributed by atoms with E-state index >= 15 is 0 Å². The monoisotopic (exact) mass is 362 g/mol. The van der Waals surface area contributed by atoms with E-state index in [0.29, 0.717) is 17.2 Å². The molecular weight excluding hydrogens is 340 g/mol. The summed E-state index contributed by atoms with van der Waals surface area (Å²) in [4.78, 5) is 11.7. The summed E-state index contributed by atoms with van der Waals surface area (Å²) in [7, 11) is -3.30. The Balaban J connectivity index is 2.39. The molecule has 1 atom stereocenters. The van der Waals surface area contributed by atoms with Crippen LogP contribution in [0.3, 0.4) is 0 Å². The highest BCUT2D eigenvalue weighted by atomic mass is 35.5. The van der Waals surface area contributed by atoms with Gasteiger partial charge in [-0.2, -0.15) is 4.31 Å². The van der Waals surface area contributed by atoms with Gasteiger partial charge in [-0.1, -0.05) is 18.5 Å². The lowest BCUT2D eigenvalue weighted by molar-refractivity contribution is -0.123. The normalized spacial score (nSPS) is 12.9. The van der Waals surface area contributed by atoms with E-state index in [4.69, 9.17) is 16.3 Å². The van der Waals surface area contributed by atoms with Gasteiger partial charge in [0, 0.05) is 24.2 Å². The molecule has 1 rings (SSSR count). The number of halogens is 1. The van der Waals surface area contributed by atoms with Crippen molar-refractivity contribution in [3.63, 3.8) is 0 Å². The van der Waals surface area contributed by atoms with Gasteiger partial charge in [0.1, 0.15) is 5.75 Å². The fourth-order valence-electron chi connectivity index (χ4n) is 1.95. The highest BCUT2D eigenvalue weighted by Gasteiger charge is 2.21. The van der Waals surface area contributed by atoms with Crippen LogP contribution in [0.5, 0.6) is 5.75 Å². The van der Waals surface area contributed by atoms with Crippen LogP contribution in [0.25, 0.3) is 0 Å². The van der Waals surface area contributed by atoms with Gasteiger partial charge in [-0.15, -0.1) is 0 Å². The first-order valence-electron chi connectivity index (χ1n) is 7.36. The number of carbonyl (C=O) groups is 1. The second-order valence-electron chi connectivity index (χ2n) is 5.22. The van der Waals surface area contributed by atoms with Gasteiger partial charge in [0.25, 0.3) is 5.91 Å². The summed E-state index contributed by atoms with van der Waals surface area (Å²) in [5.74, 6) is 0.236. The van der Waals surface area contributed by atoms with E-state index < -0.39 is 10.0 Å². The summed E-state index contributed by atoms with van der Waals surface area (Å²) < 4.78 is 30.1. The zero-order chi connectivity index (χ0) is 17.5. The van der Waals surface area contributed by atoms with E-state index in [-0.39, 0.29) is 31.6 Å². The van der Waals surface area contributed by atoms with Crippen molar-refractivity contribution in [3.05, 3.63) is 29.3 Å². The summed E-state index contributed by atoms with van der Waals surface area (Å²) in [6, 6.07) is 6.58. The molecule has 0 aliphatic rings. The molecule has 6 nitrogen and oxygen atoms in total. The number of nitrogens with zero attached hydrogens (tertiary/aromatic N) is 1. The van der Waals surface area contributed by atoms with Crippen LogP contribution >= 0.6 is 11.6 Å². The molecule has 0 bridgehead atoms. The average molecular weight is 363 g/mol. The number of carbonyl (C=O) groups excluding carboxylic acids is 1. The van der Waals surface area contributed by atoms with Crippen molar-refractivity contribution in [1.82, 2.24) is 9.62 Å². The summed E-state index contributed by atoms with van der Waals surface area (Å²) in [5.41, 5.74) is 0. The third kappa shape index (κ3) is 7.20. The zero-order valence-electron chi connectivity index (χ0n) is 13.6. The van der Waals surface area contributed by atoms with Crippen molar-refractivity contribution in [2.75, 3.05) is 26.0 Å². The smallest absolute Gasteiger partial charge is 0.257 e. The molecule has 0 heterocycles. The Morgan fingerprint density at radius 1 is 1.35 bits per heavy atom. The zero-order valence-corrected chi connectivity index (χ0v) is 15.2. The van der Waals surface area contributed by atoms with Crippen molar-refractivity contribution in [1.29, 1.82) is 0 Å². The maximum Gasteiger partial charge on any atom is 0.257 e. The summed E-state index contributed by atoms with van der Waals surface area (Å²) in [6.07, 6.45) is 1.88. The Bertz CT molecular complexity index is 604. The second kappa shape index (κ2) is 9.10. The van der Waals surface area contributed by atoms with Crippen molar-refractivity contribution < 1.29 is 17.9 Å². The molecule has 1 amide bonds. The lowest BCUT2D eigenvalue weighted by Crippen LogP contribution is -2.43. The average Bonchev–Trinajstić information content (AvgIpc) is 2.49. The second-order valence-corrected chi connectivity index (χ2v) is 7.60. The van der Waals surface area contributed by atoms with Crippen molar-refractivity contribution in [2.45, 2.75) is 26.3 Å². The molecule has 0 spiro atoms. The van der Waals surface area contributed by atoms with Crippen molar-refractivity contribution in [3.8, 4) is 5.75 Å². The standard InChI is InChI=1S/C15H23ClN2O4S/c1-4-12(2)18(23(3,20)21)10-9-17-15(19)11-22-14-7-5-13(16)6-8-14/h5-8,12H,4,9-11H2,1-3H3,(H,17,19). The number of sulfonamides is 1. The Labute approximate surface area is 142 Å².